The first-order valence-electron chi connectivity index (χ1n) is 6.26. The molecule has 0 aromatic carbocycles. The van der Waals surface area contributed by atoms with Gasteiger partial charge in [0.15, 0.2) is 0 Å². The molecule has 4 heteroatoms. The van der Waals surface area contributed by atoms with Crippen molar-refractivity contribution >= 4 is 17.4 Å². The Bertz CT molecular complexity index is 419. The van der Waals surface area contributed by atoms with Gasteiger partial charge in [0, 0.05) is 18.2 Å². The maximum absolute atomic E-state index is 6.14. The summed E-state index contributed by atoms with van der Waals surface area (Å²) in [4.78, 5) is 11.1. The smallest absolute Gasteiger partial charge is 0.137 e. The summed E-state index contributed by atoms with van der Waals surface area (Å²) < 4.78 is 0. The van der Waals surface area contributed by atoms with Crippen LogP contribution in [0.2, 0.25) is 5.15 Å². The van der Waals surface area contributed by atoms with Crippen molar-refractivity contribution in [3.63, 3.8) is 0 Å². The Hall–Kier alpha value is -0.830. The number of halogens is 1. The molecule has 0 aliphatic carbocycles. The summed E-state index contributed by atoms with van der Waals surface area (Å²) in [5.41, 5.74) is 0.999. The molecule has 3 nitrogen and oxygen atoms in total. The fraction of sp³-hybridized carbons (Fsp3) is 0.692. The molecule has 94 valence electrons. The second-order valence-corrected chi connectivity index (χ2v) is 5.54. The van der Waals surface area contributed by atoms with E-state index in [9.17, 15) is 0 Å². The van der Waals surface area contributed by atoms with E-state index in [-0.39, 0.29) is 0 Å². The van der Waals surface area contributed by atoms with Crippen molar-refractivity contribution in [1.29, 1.82) is 0 Å². The van der Waals surface area contributed by atoms with Gasteiger partial charge in [-0.3, -0.25) is 0 Å². The number of rotatable bonds is 1. The number of anilines is 1. The highest BCUT2D eigenvalue weighted by molar-refractivity contribution is 6.30. The van der Waals surface area contributed by atoms with Crippen LogP contribution in [0.15, 0.2) is 0 Å². The summed E-state index contributed by atoms with van der Waals surface area (Å²) in [7, 11) is 0. The van der Waals surface area contributed by atoms with Crippen LogP contribution in [0.5, 0.6) is 0 Å². The van der Waals surface area contributed by atoms with E-state index in [4.69, 9.17) is 11.6 Å². The van der Waals surface area contributed by atoms with Gasteiger partial charge < -0.3 is 4.90 Å². The van der Waals surface area contributed by atoms with Crippen molar-refractivity contribution in [2.24, 2.45) is 5.92 Å². The van der Waals surface area contributed by atoms with Crippen LogP contribution in [0.4, 0.5) is 5.82 Å². The van der Waals surface area contributed by atoms with Crippen molar-refractivity contribution in [3.8, 4) is 0 Å². The Morgan fingerprint density at radius 2 is 1.94 bits per heavy atom. The zero-order chi connectivity index (χ0) is 12.6. The molecule has 1 fully saturated rings. The van der Waals surface area contributed by atoms with Gasteiger partial charge in [-0.2, -0.15) is 0 Å². The zero-order valence-electron chi connectivity index (χ0n) is 11.0. The minimum absolute atomic E-state index is 0.530. The van der Waals surface area contributed by atoms with E-state index in [1.807, 2.05) is 13.8 Å². The monoisotopic (exact) mass is 253 g/mol. The number of hydrogen-bond donors (Lipinski definition) is 0. The third kappa shape index (κ3) is 2.54. The number of aryl methyl sites for hydroxylation is 1. The average Bonchev–Trinajstić information content (AvgIpc) is 2.24. The van der Waals surface area contributed by atoms with Gasteiger partial charge in [-0.25, -0.2) is 9.97 Å². The molecule has 0 radical (unpaired) electrons. The molecule has 2 heterocycles. The number of aromatic nitrogens is 2. The first kappa shape index (κ1) is 12.6. The van der Waals surface area contributed by atoms with Crippen LogP contribution in [-0.4, -0.2) is 22.6 Å². The van der Waals surface area contributed by atoms with Gasteiger partial charge in [-0.1, -0.05) is 18.5 Å². The first-order valence-corrected chi connectivity index (χ1v) is 6.64. The number of piperidine rings is 1. The predicted octanol–water partition coefficient (Wildman–Crippen LogP) is 3.37. The lowest BCUT2D eigenvalue weighted by Crippen LogP contribution is -2.41. The number of nitrogens with zero attached hydrogens (tertiary/aromatic N) is 3. The summed E-state index contributed by atoms with van der Waals surface area (Å²) in [6, 6.07) is 0.530. The van der Waals surface area contributed by atoms with Gasteiger partial charge in [0.05, 0.1) is 0 Å². The van der Waals surface area contributed by atoms with Crippen molar-refractivity contribution < 1.29 is 0 Å². The van der Waals surface area contributed by atoms with Crippen molar-refractivity contribution in [3.05, 3.63) is 16.5 Å². The second kappa shape index (κ2) is 4.81. The van der Waals surface area contributed by atoms with Gasteiger partial charge in [0.1, 0.15) is 16.8 Å². The fourth-order valence-corrected chi connectivity index (χ4v) is 2.79. The van der Waals surface area contributed by atoms with Gasteiger partial charge in [0.25, 0.3) is 0 Å². The van der Waals surface area contributed by atoms with Gasteiger partial charge >= 0.3 is 0 Å². The molecule has 1 aliphatic heterocycles. The highest BCUT2D eigenvalue weighted by atomic mass is 35.5. The Morgan fingerprint density at radius 3 is 2.59 bits per heavy atom. The quantitative estimate of drug-likeness (QED) is 0.719. The van der Waals surface area contributed by atoms with Crippen LogP contribution < -0.4 is 4.90 Å². The third-order valence-electron chi connectivity index (χ3n) is 3.58. The van der Waals surface area contributed by atoms with Crippen molar-refractivity contribution in [2.75, 3.05) is 11.4 Å². The molecular weight excluding hydrogens is 234 g/mol. The van der Waals surface area contributed by atoms with Gasteiger partial charge in [-0.15, -0.1) is 0 Å². The molecule has 1 aromatic rings. The maximum atomic E-state index is 6.14. The SMILES string of the molecule is Cc1nc(Cl)c(C)c(N2CCC(C)CC2C)n1. The zero-order valence-corrected chi connectivity index (χ0v) is 11.8. The molecule has 0 saturated carbocycles. The predicted molar refractivity (Wildman–Crippen MR) is 71.7 cm³/mol. The van der Waals surface area contributed by atoms with Crippen LogP contribution in [-0.2, 0) is 0 Å². The molecule has 2 atom stereocenters. The van der Waals surface area contributed by atoms with Crippen LogP contribution in [0.1, 0.15) is 38.1 Å². The molecule has 1 saturated heterocycles. The van der Waals surface area contributed by atoms with E-state index in [1.165, 1.54) is 12.8 Å². The molecule has 2 rings (SSSR count). The average molecular weight is 254 g/mol. The lowest BCUT2D eigenvalue weighted by atomic mass is 9.93. The summed E-state index contributed by atoms with van der Waals surface area (Å²) in [6.07, 6.45) is 2.45. The summed E-state index contributed by atoms with van der Waals surface area (Å²) in [5, 5.41) is 0.582. The van der Waals surface area contributed by atoms with Gasteiger partial charge in [0.2, 0.25) is 0 Å². The van der Waals surface area contributed by atoms with Crippen LogP contribution in [0, 0.1) is 19.8 Å². The molecule has 17 heavy (non-hydrogen) atoms. The van der Waals surface area contributed by atoms with Crippen LogP contribution >= 0.6 is 11.6 Å². The summed E-state index contributed by atoms with van der Waals surface area (Å²) >= 11 is 6.14. The van der Waals surface area contributed by atoms with E-state index in [0.29, 0.717) is 11.2 Å². The Kier molecular flexibility index (Phi) is 3.57. The third-order valence-corrected chi connectivity index (χ3v) is 3.95. The standard InChI is InChI=1S/C13H20ClN3/c1-8-5-6-17(9(2)7-8)13-10(3)12(14)15-11(4)16-13/h8-9H,5-7H2,1-4H3. The Morgan fingerprint density at radius 1 is 1.24 bits per heavy atom. The lowest BCUT2D eigenvalue weighted by molar-refractivity contribution is 0.375. The Balaban J connectivity index is 2.33. The molecule has 0 N–H and O–H groups in total. The van der Waals surface area contributed by atoms with E-state index in [0.717, 1.165) is 29.7 Å². The molecule has 1 aliphatic rings. The largest absolute Gasteiger partial charge is 0.354 e. The highest BCUT2D eigenvalue weighted by Crippen LogP contribution is 2.30. The van der Waals surface area contributed by atoms with E-state index < -0.39 is 0 Å². The maximum Gasteiger partial charge on any atom is 0.137 e. The fourth-order valence-electron chi connectivity index (χ4n) is 2.58. The normalized spacial score (nSPS) is 25.1. The minimum atomic E-state index is 0.530. The second-order valence-electron chi connectivity index (χ2n) is 5.18. The van der Waals surface area contributed by atoms with Crippen LogP contribution in [0.3, 0.4) is 0 Å². The summed E-state index contributed by atoms with van der Waals surface area (Å²) in [5.74, 6) is 2.57. The van der Waals surface area contributed by atoms with E-state index in [1.54, 1.807) is 0 Å². The molecule has 0 spiro atoms. The van der Waals surface area contributed by atoms with Crippen molar-refractivity contribution in [1.82, 2.24) is 9.97 Å². The van der Waals surface area contributed by atoms with E-state index >= 15 is 0 Å². The van der Waals surface area contributed by atoms with E-state index in [2.05, 4.69) is 28.7 Å². The van der Waals surface area contributed by atoms with Crippen LogP contribution in [0.25, 0.3) is 0 Å². The molecule has 0 amide bonds. The molecular formula is C13H20ClN3. The molecule has 1 aromatic heterocycles. The summed E-state index contributed by atoms with van der Waals surface area (Å²) in [6.45, 7) is 9.54. The Labute approximate surface area is 108 Å². The topological polar surface area (TPSA) is 29.0 Å². The van der Waals surface area contributed by atoms with Gasteiger partial charge in [-0.05, 0) is 39.5 Å². The van der Waals surface area contributed by atoms with Crippen molar-refractivity contribution in [2.45, 2.75) is 46.6 Å². The minimum Gasteiger partial charge on any atom is -0.354 e. The molecule has 2 unspecified atom stereocenters. The first-order chi connectivity index (χ1) is 7.99. The molecule has 0 bridgehead atoms. The highest BCUT2D eigenvalue weighted by Gasteiger charge is 2.25. The lowest BCUT2D eigenvalue weighted by Gasteiger charge is -2.38. The number of hydrogen-bond acceptors (Lipinski definition) is 3.